The minimum Gasteiger partial charge on any atom is -0.348 e. The number of carbonyl (C=O) groups is 3. The Hall–Kier alpha value is -2.41. The monoisotopic (exact) mass is 332 g/mol. The Balaban J connectivity index is 1.92. The van der Waals surface area contributed by atoms with Crippen LogP contribution >= 0.6 is 0 Å². The maximum atomic E-state index is 12.1. The van der Waals surface area contributed by atoms with E-state index in [1.165, 1.54) is 4.90 Å². The molecule has 0 aliphatic carbocycles. The van der Waals surface area contributed by atoms with Gasteiger partial charge in [0.25, 0.3) is 0 Å². The third-order valence-electron chi connectivity index (χ3n) is 3.83. The molecule has 1 aliphatic rings. The zero-order valence-corrected chi connectivity index (χ0v) is 14.4. The fraction of sp³-hybridized carbons (Fsp3) is 0.471. The quantitative estimate of drug-likeness (QED) is 0.835. The number of anilines is 2. The molecule has 0 spiro atoms. The van der Waals surface area contributed by atoms with Crippen molar-refractivity contribution in [3.05, 3.63) is 24.3 Å². The first-order chi connectivity index (χ1) is 11.4. The summed E-state index contributed by atoms with van der Waals surface area (Å²) < 4.78 is 0. The summed E-state index contributed by atoms with van der Waals surface area (Å²) in [6.07, 6.45) is 1.43. The van der Waals surface area contributed by atoms with Crippen molar-refractivity contribution in [3.8, 4) is 0 Å². The van der Waals surface area contributed by atoms with E-state index in [0.29, 0.717) is 18.7 Å². The maximum absolute atomic E-state index is 12.1. The van der Waals surface area contributed by atoms with Crippen LogP contribution in [0.1, 0.15) is 12.8 Å². The summed E-state index contributed by atoms with van der Waals surface area (Å²) in [5.41, 5.74) is 1.44. The Bertz CT molecular complexity index is 630. The predicted molar refractivity (Wildman–Crippen MR) is 92.8 cm³/mol. The van der Waals surface area contributed by atoms with Gasteiger partial charge < -0.3 is 15.1 Å². The Kier molecular flexibility index (Phi) is 5.92. The normalized spacial score (nSPS) is 14.2. The molecule has 1 heterocycles. The minimum absolute atomic E-state index is 0.0557. The molecular weight excluding hydrogens is 308 g/mol. The van der Waals surface area contributed by atoms with Gasteiger partial charge in [0.1, 0.15) is 0 Å². The summed E-state index contributed by atoms with van der Waals surface area (Å²) in [5.74, 6) is -0.144. The number of carbonyl (C=O) groups excluding carboxylic acids is 3. The standard InChI is InChI=1S/C17H24N4O3/c1-19(2)17(24)12-20(3)11-15(22)18-13-6-4-7-14(10-13)21-9-5-8-16(21)23/h4,6-7,10H,5,8-9,11-12H2,1-3H3,(H,18,22). The molecule has 0 atom stereocenters. The van der Waals surface area contributed by atoms with E-state index in [4.69, 9.17) is 0 Å². The first-order valence-corrected chi connectivity index (χ1v) is 7.96. The van der Waals surface area contributed by atoms with Crippen molar-refractivity contribution in [2.75, 3.05) is 51.0 Å². The molecule has 1 fully saturated rings. The summed E-state index contributed by atoms with van der Waals surface area (Å²) in [6.45, 7) is 1.01. The van der Waals surface area contributed by atoms with Gasteiger partial charge >= 0.3 is 0 Å². The SMILES string of the molecule is CN(CC(=O)Nc1cccc(N2CCCC2=O)c1)CC(=O)N(C)C. The van der Waals surface area contributed by atoms with Crippen molar-refractivity contribution in [1.29, 1.82) is 0 Å². The van der Waals surface area contributed by atoms with Gasteiger partial charge in [-0.3, -0.25) is 19.3 Å². The summed E-state index contributed by atoms with van der Waals surface area (Å²) in [5, 5.41) is 2.81. The topological polar surface area (TPSA) is 73.0 Å². The van der Waals surface area contributed by atoms with E-state index in [0.717, 1.165) is 12.1 Å². The molecule has 130 valence electrons. The van der Waals surface area contributed by atoms with Gasteiger partial charge in [0.15, 0.2) is 0 Å². The first kappa shape index (κ1) is 17.9. The van der Waals surface area contributed by atoms with E-state index in [2.05, 4.69) is 5.32 Å². The molecule has 3 amide bonds. The summed E-state index contributed by atoms with van der Waals surface area (Å²) in [7, 11) is 5.09. The molecule has 0 radical (unpaired) electrons. The van der Waals surface area contributed by atoms with Crippen LogP contribution in [0.3, 0.4) is 0 Å². The van der Waals surface area contributed by atoms with Gasteiger partial charge in [0.2, 0.25) is 17.7 Å². The van der Waals surface area contributed by atoms with Crippen LogP contribution in [-0.2, 0) is 14.4 Å². The highest BCUT2D eigenvalue weighted by molar-refractivity contribution is 5.97. The number of nitrogens with zero attached hydrogens (tertiary/aromatic N) is 3. The number of hydrogen-bond donors (Lipinski definition) is 1. The van der Waals surface area contributed by atoms with E-state index in [1.807, 2.05) is 12.1 Å². The number of rotatable bonds is 6. The molecule has 1 saturated heterocycles. The van der Waals surface area contributed by atoms with Crippen molar-refractivity contribution in [3.63, 3.8) is 0 Å². The van der Waals surface area contributed by atoms with Gasteiger partial charge in [-0.05, 0) is 31.7 Å². The van der Waals surface area contributed by atoms with E-state index < -0.39 is 0 Å². The number of amides is 3. The summed E-state index contributed by atoms with van der Waals surface area (Å²) >= 11 is 0. The van der Waals surface area contributed by atoms with E-state index in [-0.39, 0.29) is 30.8 Å². The molecule has 1 aromatic carbocycles. The fourth-order valence-electron chi connectivity index (χ4n) is 2.55. The molecule has 7 nitrogen and oxygen atoms in total. The largest absolute Gasteiger partial charge is 0.348 e. The molecule has 1 aromatic rings. The first-order valence-electron chi connectivity index (χ1n) is 7.96. The molecule has 24 heavy (non-hydrogen) atoms. The van der Waals surface area contributed by atoms with Crippen molar-refractivity contribution in [1.82, 2.24) is 9.80 Å². The van der Waals surface area contributed by atoms with Gasteiger partial charge in [-0.1, -0.05) is 6.07 Å². The number of benzene rings is 1. The Morgan fingerprint density at radius 1 is 1.21 bits per heavy atom. The Labute approximate surface area is 142 Å². The van der Waals surface area contributed by atoms with E-state index >= 15 is 0 Å². The molecule has 1 N–H and O–H groups in total. The second-order valence-corrected chi connectivity index (χ2v) is 6.21. The molecule has 7 heteroatoms. The third kappa shape index (κ3) is 4.79. The van der Waals surface area contributed by atoms with Crippen LogP contribution in [0.4, 0.5) is 11.4 Å². The second-order valence-electron chi connectivity index (χ2n) is 6.21. The van der Waals surface area contributed by atoms with Gasteiger partial charge in [-0.25, -0.2) is 0 Å². The highest BCUT2D eigenvalue weighted by Gasteiger charge is 2.21. The van der Waals surface area contributed by atoms with E-state index in [9.17, 15) is 14.4 Å². The number of nitrogens with one attached hydrogen (secondary N) is 1. The average molecular weight is 332 g/mol. The molecule has 0 saturated carbocycles. The lowest BCUT2D eigenvalue weighted by Gasteiger charge is -2.19. The van der Waals surface area contributed by atoms with Gasteiger partial charge in [-0.2, -0.15) is 0 Å². The Morgan fingerprint density at radius 3 is 2.58 bits per heavy atom. The van der Waals surface area contributed by atoms with Gasteiger partial charge in [0.05, 0.1) is 13.1 Å². The fourth-order valence-corrected chi connectivity index (χ4v) is 2.55. The number of hydrogen-bond acceptors (Lipinski definition) is 4. The lowest BCUT2D eigenvalue weighted by molar-refractivity contribution is -0.130. The Morgan fingerprint density at radius 2 is 1.96 bits per heavy atom. The number of likely N-dealkylation sites (N-methyl/N-ethyl adjacent to an activating group) is 2. The second kappa shape index (κ2) is 7.92. The molecule has 1 aliphatic heterocycles. The lowest BCUT2D eigenvalue weighted by Crippen LogP contribution is -2.38. The zero-order valence-electron chi connectivity index (χ0n) is 14.4. The van der Waals surface area contributed by atoms with E-state index in [1.54, 1.807) is 43.1 Å². The van der Waals surface area contributed by atoms with Crippen molar-refractivity contribution in [2.45, 2.75) is 12.8 Å². The molecule has 0 bridgehead atoms. The summed E-state index contributed by atoms with van der Waals surface area (Å²) in [4.78, 5) is 40.4. The molecule has 0 unspecified atom stereocenters. The smallest absolute Gasteiger partial charge is 0.238 e. The molecule has 2 rings (SSSR count). The summed E-state index contributed by atoms with van der Waals surface area (Å²) in [6, 6.07) is 7.26. The zero-order chi connectivity index (χ0) is 17.7. The van der Waals surface area contributed by atoms with Crippen LogP contribution in [0.2, 0.25) is 0 Å². The molecular formula is C17H24N4O3. The minimum atomic E-state index is -0.200. The van der Waals surface area contributed by atoms with Crippen LogP contribution in [-0.4, -0.2) is 68.3 Å². The molecule has 0 aromatic heterocycles. The van der Waals surface area contributed by atoms with Crippen molar-refractivity contribution < 1.29 is 14.4 Å². The highest BCUT2D eigenvalue weighted by atomic mass is 16.2. The van der Waals surface area contributed by atoms with Crippen LogP contribution < -0.4 is 10.2 Å². The third-order valence-corrected chi connectivity index (χ3v) is 3.83. The van der Waals surface area contributed by atoms with Crippen LogP contribution in [0, 0.1) is 0 Å². The van der Waals surface area contributed by atoms with Gasteiger partial charge in [-0.15, -0.1) is 0 Å². The maximum Gasteiger partial charge on any atom is 0.238 e. The van der Waals surface area contributed by atoms with Crippen molar-refractivity contribution >= 4 is 29.1 Å². The van der Waals surface area contributed by atoms with Crippen molar-refractivity contribution in [2.24, 2.45) is 0 Å². The predicted octanol–water partition coefficient (Wildman–Crippen LogP) is 0.772. The van der Waals surface area contributed by atoms with Gasteiger partial charge in [0, 0.05) is 38.4 Å². The van der Waals surface area contributed by atoms with Crippen LogP contribution in [0.15, 0.2) is 24.3 Å². The van der Waals surface area contributed by atoms with Crippen LogP contribution in [0.25, 0.3) is 0 Å². The lowest BCUT2D eigenvalue weighted by atomic mass is 10.2. The average Bonchev–Trinajstić information content (AvgIpc) is 2.93. The van der Waals surface area contributed by atoms with Crippen LogP contribution in [0.5, 0.6) is 0 Å². The highest BCUT2D eigenvalue weighted by Crippen LogP contribution is 2.24.